The van der Waals surface area contributed by atoms with E-state index in [1.54, 1.807) is 6.92 Å². The molecule has 3 heteroatoms. The van der Waals surface area contributed by atoms with Gasteiger partial charge in [0.05, 0.1) is 0 Å². The molecule has 0 heterocycles. The predicted molar refractivity (Wildman–Crippen MR) is 40.2 cm³/mol. The van der Waals surface area contributed by atoms with Crippen LogP contribution in [0.1, 0.15) is 13.3 Å². The second-order valence-electron chi connectivity index (χ2n) is 1.27. The summed E-state index contributed by atoms with van der Waals surface area (Å²) in [5.41, 5.74) is 0. The van der Waals surface area contributed by atoms with Crippen LogP contribution in [0.15, 0.2) is 23.1 Å². The molecule has 0 saturated heterocycles. The molecule has 0 amide bonds. The van der Waals surface area contributed by atoms with Gasteiger partial charge in [-0.25, -0.2) is 0 Å². The van der Waals surface area contributed by atoms with Gasteiger partial charge in [-0.3, -0.25) is 0 Å². The van der Waals surface area contributed by atoms with Crippen molar-refractivity contribution in [1.82, 2.24) is 0 Å². The van der Waals surface area contributed by atoms with E-state index in [4.69, 9.17) is 12.6 Å². The van der Waals surface area contributed by atoms with E-state index < -0.39 is 0 Å². The van der Waals surface area contributed by atoms with Crippen LogP contribution in [-0.2, 0) is 38.8 Å². The van der Waals surface area contributed by atoms with Gasteiger partial charge >= 0.3 is 26.2 Å². The second kappa shape index (κ2) is 12.5. The minimum absolute atomic E-state index is 0. The van der Waals surface area contributed by atoms with Gasteiger partial charge in [0.15, 0.2) is 0 Å². The molecule has 0 fully saturated rings. The summed E-state index contributed by atoms with van der Waals surface area (Å²) in [5, 5.41) is 0. The van der Waals surface area contributed by atoms with Crippen LogP contribution < -0.4 is 12.4 Å². The first kappa shape index (κ1) is 17.1. The molecule has 0 aromatic heterocycles. The number of hydrogen-bond donors (Lipinski definition) is 0. The Balaban J connectivity index is -0.000000114. The third kappa shape index (κ3) is 8.87. The molecule has 0 aliphatic heterocycles. The van der Waals surface area contributed by atoms with E-state index in [2.05, 4.69) is 13.0 Å². The minimum Gasteiger partial charge on any atom is -1.00 e. The molecule has 0 nitrogen and oxygen atoms in total. The van der Waals surface area contributed by atoms with Gasteiger partial charge in [-0.05, 0) is 6.42 Å². The fourth-order valence-electron chi connectivity index (χ4n) is 0.428. The van der Waals surface area contributed by atoms with Gasteiger partial charge < -0.3 is 32.0 Å². The zero-order valence-electron chi connectivity index (χ0n) is 5.93. The van der Waals surface area contributed by atoms with Gasteiger partial charge in [-0.1, -0.05) is 18.2 Å². The summed E-state index contributed by atoms with van der Waals surface area (Å²) in [6.07, 6.45) is 6.98. The number of halogens is 1. The van der Waals surface area contributed by atoms with Crippen LogP contribution in [0.4, 0.5) is 0 Å². The number of allylic oxidation sites excluding steroid dienone is 4. The maximum absolute atomic E-state index is 4.80. The summed E-state index contributed by atoms with van der Waals surface area (Å²) in [4.78, 5) is 1.05. The fourth-order valence-corrected chi connectivity index (χ4v) is 0.602. The zero-order chi connectivity index (χ0) is 6.41. The Hall–Kier alpha value is 0.873. The Labute approximate surface area is 94.1 Å². The van der Waals surface area contributed by atoms with Gasteiger partial charge in [-0.2, -0.15) is 11.8 Å². The van der Waals surface area contributed by atoms with Gasteiger partial charge in [0.1, 0.15) is 0 Å². The quantitative estimate of drug-likeness (QED) is 0.403. The molecule has 0 unspecified atom stereocenters. The van der Waals surface area contributed by atoms with Crippen molar-refractivity contribution in [1.29, 1.82) is 0 Å². The van der Waals surface area contributed by atoms with Gasteiger partial charge in [0, 0.05) is 0 Å². The molecule has 0 bridgehead atoms. The van der Waals surface area contributed by atoms with E-state index in [-0.39, 0.29) is 38.6 Å². The summed E-state index contributed by atoms with van der Waals surface area (Å²) in [6, 6.07) is 0. The first-order chi connectivity index (χ1) is 3.89. The molecule has 0 aromatic carbocycles. The van der Waals surface area contributed by atoms with Crippen LogP contribution in [0, 0.1) is 6.92 Å². The van der Waals surface area contributed by atoms with Crippen LogP contribution in [0.25, 0.3) is 0 Å². The molecule has 0 spiro atoms. The molecular weight excluding hydrogens is 243 g/mol. The average molecular weight is 253 g/mol. The maximum Gasteiger partial charge on any atom is 3.00 e. The minimum atomic E-state index is 0. The van der Waals surface area contributed by atoms with E-state index >= 15 is 0 Å². The molecule has 0 saturated carbocycles. The topological polar surface area (TPSA) is 0 Å². The number of hydrogen-bond acceptors (Lipinski definition) is 1. The van der Waals surface area contributed by atoms with E-state index in [1.807, 2.05) is 12.2 Å². The van der Waals surface area contributed by atoms with Crippen molar-refractivity contribution in [2.24, 2.45) is 0 Å². The molecular formula is C7H10ClSZr. The molecule has 1 rings (SSSR count). The first-order valence-electron chi connectivity index (χ1n) is 2.63. The molecule has 0 aromatic rings. The summed E-state index contributed by atoms with van der Waals surface area (Å²) in [6.45, 7) is 5.00. The Morgan fingerprint density at radius 2 is 2.00 bits per heavy atom. The normalized spacial score (nSPS) is 11.6. The molecule has 1 radical (unpaired) electrons. The second-order valence-corrected chi connectivity index (χ2v) is 1.79. The van der Waals surface area contributed by atoms with Crippen molar-refractivity contribution in [2.45, 2.75) is 13.3 Å². The molecule has 55 valence electrons. The van der Waals surface area contributed by atoms with E-state index in [0.717, 1.165) is 11.3 Å². The molecule has 10 heavy (non-hydrogen) atoms. The summed E-state index contributed by atoms with van der Waals surface area (Å²) in [7, 11) is 0. The zero-order valence-corrected chi connectivity index (χ0v) is 9.96. The summed E-state index contributed by atoms with van der Waals surface area (Å²) >= 11 is 4.80. The maximum atomic E-state index is 4.80. The Bertz CT molecular complexity index is 110. The van der Waals surface area contributed by atoms with Crippen molar-refractivity contribution in [3.8, 4) is 0 Å². The fraction of sp³-hybridized carbons (Fsp3) is 0.286. The van der Waals surface area contributed by atoms with E-state index in [0.29, 0.717) is 0 Å². The van der Waals surface area contributed by atoms with Crippen LogP contribution in [0.2, 0.25) is 0 Å². The summed E-state index contributed by atoms with van der Waals surface area (Å²) in [5.74, 6) is 0. The Morgan fingerprint density at radius 3 is 2.10 bits per heavy atom. The van der Waals surface area contributed by atoms with Crippen molar-refractivity contribution >= 4 is 12.6 Å². The van der Waals surface area contributed by atoms with Crippen molar-refractivity contribution in [3.05, 3.63) is 30.1 Å². The van der Waals surface area contributed by atoms with Gasteiger partial charge in [0.25, 0.3) is 0 Å². The monoisotopic (exact) mass is 251 g/mol. The third-order valence-corrected chi connectivity index (χ3v) is 1.04. The molecule has 1 aliphatic carbocycles. The van der Waals surface area contributed by atoms with Gasteiger partial charge in [0.2, 0.25) is 0 Å². The predicted octanol–water partition coefficient (Wildman–Crippen LogP) is -0.781. The van der Waals surface area contributed by atoms with E-state index in [1.165, 1.54) is 0 Å². The Morgan fingerprint density at radius 1 is 1.50 bits per heavy atom. The first-order valence-corrected chi connectivity index (χ1v) is 3.04. The van der Waals surface area contributed by atoms with Crippen LogP contribution in [0.5, 0.6) is 0 Å². The molecule has 1 aliphatic rings. The average Bonchev–Trinajstić information content (AvgIpc) is 2.24. The standard InChI is InChI=1S/C5H6S.C2H5.ClH.Zr/c6-5-3-1-2-4-5;1-2;;/h1-3,6H,4H2;1H2,2H3;1H;/q;-1;;+3/p-2. The van der Waals surface area contributed by atoms with Crippen LogP contribution in [0.3, 0.4) is 0 Å². The summed E-state index contributed by atoms with van der Waals surface area (Å²) < 4.78 is 0. The largest absolute Gasteiger partial charge is 3.00 e. The molecule has 0 N–H and O–H groups in total. The SMILES string of the molecule is [CH2-]C.[Cl-].[S-]C1=CC=CC1.[Zr+3]. The number of rotatable bonds is 0. The smallest absolute Gasteiger partial charge is 1.00 e. The van der Waals surface area contributed by atoms with Crippen molar-refractivity contribution < 1.29 is 38.6 Å². The van der Waals surface area contributed by atoms with Crippen LogP contribution >= 0.6 is 0 Å². The van der Waals surface area contributed by atoms with Gasteiger partial charge in [-0.15, -0.1) is 0 Å². The Kier molecular flexibility index (Phi) is 21.4. The van der Waals surface area contributed by atoms with Crippen LogP contribution in [-0.4, -0.2) is 0 Å². The van der Waals surface area contributed by atoms with Crippen molar-refractivity contribution in [2.75, 3.05) is 0 Å². The third-order valence-electron chi connectivity index (χ3n) is 0.737. The molecule has 0 atom stereocenters. The van der Waals surface area contributed by atoms with Crippen molar-refractivity contribution in [3.63, 3.8) is 0 Å². The van der Waals surface area contributed by atoms with E-state index in [9.17, 15) is 0 Å².